The first-order chi connectivity index (χ1) is 12.1. The van der Waals surface area contributed by atoms with Gasteiger partial charge in [0.2, 0.25) is 5.95 Å². The minimum atomic E-state index is 0.540. The maximum Gasteiger partial charge on any atom is 0.227 e. The van der Waals surface area contributed by atoms with Gasteiger partial charge in [0.1, 0.15) is 5.82 Å². The molecule has 128 valence electrons. The third-order valence-corrected chi connectivity index (χ3v) is 4.21. The van der Waals surface area contributed by atoms with Crippen molar-refractivity contribution in [1.29, 1.82) is 0 Å². The van der Waals surface area contributed by atoms with Gasteiger partial charge in [-0.3, -0.25) is 4.98 Å². The lowest BCUT2D eigenvalue weighted by Crippen LogP contribution is -2.22. The van der Waals surface area contributed by atoms with Gasteiger partial charge in [0.15, 0.2) is 0 Å². The van der Waals surface area contributed by atoms with Crippen molar-refractivity contribution in [2.45, 2.75) is 6.42 Å². The molecule has 3 aromatic rings. The molecule has 0 bridgehead atoms. The van der Waals surface area contributed by atoms with Crippen LogP contribution in [0.4, 0.5) is 17.5 Å². The van der Waals surface area contributed by atoms with Gasteiger partial charge in [-0.25, -0.2) is 4.98 Å². The van der Waals surface area contributed by atoms with Crippen molar-refractivity contribution in [3.05, 3.63) is 70.6 Å². The molecule has 25 heavy (non-hydrogen) atoms. The Bertz CT molecular complexity index is 842. The van der Waals surface area contributed by atoms with Crippen molar-refractivity contribution in [1.82, 2.24) is 15.0 Å². The summed E-state index contributed by atoms with van der Waals surface area (Å²) in [6.45, 7) is 0.801. The molecule has 0 atom stereocenters. The van der Waals surface area contributed by atoms with Gasteiger partial charge in [-0.2, -0.15) is 4.98 Å². The predicted molar refractivity (Wildman–Crippen MR) is 103 cm³/mol. The molecule has 2 aromatic heterocycles. The summed E-state index contributed by atoms with van der Waals surface area (Å²) in [5, 5.41) is 4.32. The molecular weight excluding hydrogens is 357 g/mol. The molecule has 7 heteroatoms. The number of anilines is 3. The first-order valence-corrected chi connectivity index (χ1v) is 8.52. The fourth-order valence-corrected chi connectivity index (χ4v) is 2.73. The Morgan fingerprint density at radius 1 is 1.04 bits per heavy atom. The number of halogens is 2. The van der Waals surface area contributed by atoms with Crippen molar-refractivity contribution in [3.8, 4) is 0 Å². The lowest BCUT2D eigenvalue weighted by atomic mass is 10.2. The molecule has 0 spiro atoms. The maximum atomic E-state index is 6.19. The van der Waals surface area contributed by atoms with E-state index in [2.05, 4.69) is 20.3 Å². The molecule has 1 aromatic carbocycles. The van der Waals surface area contributed by atoms with E-state index in [0.29, 0.717) is 21.8 Å². The van der Waals surface area contributed by atoms with Gasteiger partial charge < -0.3 is 10.2 Å². The van der Waals surface area contributed by atoms with Gasteiger partial charge >= 0.3 is 0 Å². The van der Waals surface area contributed by atoms with Crippen molar-refractivity contribution in [2.75, 3.05) is 23.8 Å². The summed E-state index contributed by atoms with van der Waals surface area (Å²) in [4.78, 5) is 14.9. The van der Waals surface area contributed by atoms with E-state index in [1.54, 1.807) is 36.8 Å². The molecule has 0 amide bonds. The summed E-state index contributed by atoms with van der Waals surface area (Å²) in [5.41, 5.74) is 1.97. The van der Waals surface area contributed by atoms with Crippen LogP contribution in [0.25, 0.3) is 0 Å². The third-order valence-electron chi connectivity index (χ3n) is 3.66. The summed E-state index contributed by atoms with van der Waals surface area (Å²) >= 11 is 12.1. The van der Waals surface area contributed by atoms with Crippen molar-refractivity contribution < 1.29 is 0 Å². The van der Waals surface area contributed by atoms with Gasteiger partial charge in [0.05, 0.1) is 10.7 Å². The van der Waals surface area contributed by atoms with E-state index < -0.39 is 0 Å². The van der Waals surface area contributed by atoms with E-state index in [1.807, 2.05) is 30.1 Å². The Morgan fingerprint density at radius 2 is 1.84 bits per heavy atom. The van der Waals surface area contributed by atoms with Crippen molar-refractivity contribution in [2.24, 2.45) is 0 Å². The molecule has 0 aliphatic carbocycles. The monoisotopic (exact) mass is 373 g/mol. The van der Waals surface area contributed by atoms with Gasteiger partial charge in [-0.1, -0.05) is 23.2 Å². The molecule has 0 saturated carbocycles. The normalized spacial score (nSPS) is 10.5. The molecular formula is C18H17Cl2N5. The molecule has 5 nitrogen and oxygen atoms in total. The van der Waals surface area contributed by atoms with E-state index in [-0.39, 0.29) is 0 Å². The number of benzene rings is 1. The zero-order chi connectivity index (χ0) is 17.6. The number of hydrogen-bond donors (Lipinski definition) is 1. The molecule has 2 heterocycles. The Hall–Kier alpha value is -2.37. The molecule has 3 rings (SSSR count). The van der Waals surface area contributed by atoms with E-state index in [4.69, 9.17) is 23.2 Å². The Labute approximate surface area is 156 Å². The molecule has 0 fully saturated rings. The van der Waals surface area contributed by atoms with Crippen molar-refractivity contribution >= 4 is 40.7 Å². The molecule has 0 unspecified atom stereocenters. The number of hydrogen-bond acceptors (Lipinski definition) is 5. The van der Waals surface area contributed by atoms with Crippen LogP contribution < -0.4 is 10.2 Å². The average molecular weight is 374 g/mol. The van der Waals surface area contributed by atoms with Crippen LogP contribution in [0.1, 0.15) is 5.56 Å². The summed E-state index contributed by atoms with van der Waals surface area (Å²) in [6.07, 6.45) is 6.21. The first-order valence-electron chi connectivity index (χ1n) is 7.77. The number of nitrogens with one attached hydrogen (secondary N) is 1. The highest BCUT2D eigenvalue weighted by molar-refractivity contribution is 6.36. The fraction of sp³-hybridized carbons (Fsp3) is 0.167. The summed E-state index contributed by atoms with van der Waals surface area (Å²) in [5.74, 6) is 1.31. The largest absolute Gasteiger partial charge is 0.343 e. The number of nitrogens with zero attached hydrogens (tertiary/aromatic N) is 4. The highest BCUT2D eigenvalue weighted by atomic mass is 35.5. The quantitative estimate of drug-likeness (QED) is 0.683. The minimum Gasteiger partial charge on any atom is -0.343 e. The summed E-state index contributed by atoms with van der Waals surface area (Å²) in [7, 11) is 1.97. The van der Waals surface area contributed by atoms with Crippen LogP contribution in [-0.2, 0) is 6.42 Å². The van der Waals surface area contributed by atoms with E-state index in [0.717, 1.165) is 18.7 Å². The van der Waals surface area contributed by atoms with E-state index in [9.17, 15) is 0 Å². The molecule has 0 radical (unpaired) electrons. The van der Waals surface area contributed by atoms with Gasteiger partial charge in [0, 0.05) is 37.2 Å². The lowest BCUT2D eigenvalue weighted by molar-refractivity contribution is 0.837. The Kier molecular flexibility index (Phi) is 5.68. The van der Waals surface area contributed by atoms with E-state index >= 15 is 0 Å². The smallest absolute Gasteiger partial charge is 0.227 e. The fourth-order valence-electron chi connectivity index (χ4n) is 2.28. The topological polar surface area (TPSA) is 53.9 Å². The second-order valence-electron chi connectivity index (χ2n) is 5.52. The highest BCUT2D eigenvalue weighted by Crippen LogP contribution is 2.27. The first kappa shape index (κ1) is 17.5. The average Bonchev–Trinajstić information content (AvgIpc) is 2.63. The van der Waals surface area contributed by atoms with E-state index in [1.165, 1.54) is 5.56 Å². The highest BCUT2D eigenvalue weighted by Gasteiger charge is 2.07. The molecule has 1 N–H and O–H groups in total. The van der Waals surface area contributed by atoms with Crippen LogP contribution in [0.3, 0.4) is 0 Å². The van der Waals surface area contributed by atoms with Crippen molar-refractivity contribution in [3.63, 3.8) is 0 Å². The standard InChI is InChI=1S/C18H17Cl2N5/c1-25(11-7-13-4-8-21-9-5-13)18-22-10-6-17(24-18)23-16-3-2-14(19)12-15(16)20/h2-6,8-10,12H,7,11H2,1H3,(H,22,23,24). The number of pyridine rings is 1. The van der Waals surface area contributed by atoms with Crippen LogP contribution in [0.15, 0.2) is 55.0 Å². The molecule has 0 aliphatic heterocycles. The van der Waals surface area contributed by atoms with Crippen LogP contribution in [0, 0.1) is 0 Å². The van der Waals surface area contributed by atoms with Crippen LogP contribution in [0.2, 0.25) is 10.0 Å². The Balaban J connectivity index is 1.68. The third kappa shape index (κ3) is 4.81. The number of likely N-dealkylation sites (N-methyl/N-ethyl adjacent to an activating group) is 1. The van der Waals surface area contributed by atoms with Gasteiger partial charge in [0.25, 0.3) is 0 Å². The SMILES string of the molecule is CN(CCc1ccncc1)c1nccc(Nc2ccc(Cl)cc2Cl)n1. The molecule has 0 aliphatic rings. The molecule has 0 saturated heterocycles. The Morgan fingerprint density at radius 3 is 2.60 bits per heavy atom. The van der Waals surface area contributed by atoms with Crippen LogP contribution in [0.5, 0.6) is 0 Å². The number of rotatable bonds is 6. The minimum absolute atomic E-state index is 0.540. The van der Waals surface area contributed by atoms with Gasteiger partial charge in [-0.05, 0) is 48.4 Å². The second kappa shape index (κ2) is 8.14. The summed E-state index contributed by atoms with van der Waals surface area (Å²) in [6, 6.07) is 11.1. The summed E-state index contributed by atoms with van der Waals surface area (Å²) < 4.78 is 0. The van der Waals surface area contributed by atoms with Crippen LogP contribution in [-0.4, -0.2) is 28.5 Å². The maximum absolute atomic E-state index is 6.19. The van der Waals surface area contributed by atoms with Crippen LogP contribution >= 0.6 is 23.2 Å². The lowest BCUT2D eigenvalue weighted by Gasteiger charge is -2.18. The second-order valence-corrected chi connectivity index (χ2v) is 6.36. The zero-order valence-electron chi connectivity index (χ0n) is 13.7. The predicted octanol–water partition coefficient (Wildman–Crippen LogP) is 4.60. The number of aromatic nitrogens is 3. The van der Waals surface area contributed by atoms with Gasteiger partial charge in [-0.15, -0.1) is 0 Å². The zero-order valence-corrected chi connectivity index (χ0v) is 15.2.